The molecule has 4 rings (SSSR count). The highest BCUT2D eigenvalue weighted by Gasteiger charge is 2.29. The molecule has 0 fully saturated rings. The highest BCUT2D eigenvalue weighted by molar-refractivity contribution is 9.12. The SMILES string of the molecule is CCC(O)COc1c(Br)cc(C(C)(C)c2cc(Br)c(OC)c(Br)c2)cc1Br.CCC(O)COc1c(Br)cc(C(C)(C)c2cc(Br)c(OC)c(Br)c2)cc1Br. The van der Waals surface area contributed by atoms with Gasteiger partial charge in [0.25, 0.3) is 0 Å². The normalized spacial score (nSPS) is 12.8. The molecule has 2 unspecified atom stereocenters. The van der Waals surface area contributed by atoms with Crippen LogP contribution >= 0.6 is 127 Å². The van der Waals surface area contributed by atoms with Crippen LogP contribution in [-0.2, 0) is 10.8 Å². The van der Waals surface area contributed by atoms with Gasteiger partial charge in [0.2, 0.25) is 0 Å². The Morgan fingerprint density at radius 2 is 0.648 bits per heavy atom. The predicted octanol–water partition coefficient (Wildman–Crippen LogP) is 14.4. The predicted molar refractivity (Wildman–Crippen MR) is 248 cm³/mol. The Morgan fingerprint density at radius 1 is 0.444 bits per heavy atom. The molecule has 4 aromatic rings. The summed E-state index contributed by atoms with van der Waals surface area (Å²) >= 11 is 28.8. The molecule has 2 N–H and O–H groups in total. The average Bonchev–Trinajstić information content (AvgIpc) is 3.10. The second-order valence-electron chi connectivity index (χ2n) is 13.5. The van der Waals surface area contributed by atoms with Gasteiger partial charge in [-0.05, 0) is 211 Å². The van der Waals surface area contributed by atoms with E-state index in [1.807, 2.05) is 13.8 Å². The molecule has 0 aliphatic rings. The highest BCUT2D eigenvalue weighted by Crippen LogP contribution is 2.46. The van der Waals surface area contributed by atoms with Gasteiger partial charge in [0.15, 0.2) is 0 Å². The largest absolute Gasteiger partial charge is 0.494 e. The van der Waals surface area contributed by atoms with Crippen molar-refractivity contribution in [3.8, 4) is 23.0 Å². The zero-order chi connectivity index (χ0) is 40.7. The fraction of sp³-hybridized carbons (Fsp3) is 0.400. The van der Waals surface area contributed by atoms with Crippen molar-refractivity contribution >= 4 is 127 Å². The van der Waals surface area contributed by atoms with Crippen LogP contribution in [0.1, 0.15) is 76.6 Å². The summed E-state index contributed by atoms with van der Waals surface area (Å²) in [5.41, 5.74) is 3.99. The third kappa shape index (κ3) is 12.0. The summed E-state index contributed by atoms with van der Waals surface area (Å²) in [6.45, 7) is 13.0. The van der Waals surface area contributed by atoms with E-state index in [2.05, 4.69) is 204 Å². The molecule has 0 radical (unpaired) electrons. The molecule has 2 atom stereocenters. The summed E-state index contributed by atoms with van der Waals surface area (Å²) in [5.74, 6) is 2.93. The summed E-state index contributed by atoms with van der Waals surface area (Å²) in [6.07, 6.45) is 0.353. The van der Waals surface area contributed by atoms with E-state index >= 15 is 0 Å². The number of aliphatic hydroxyl groups is 2. The van der Waals surface area contributed by atoms with E-state index in [9.17, 15) is 10.2 Å². The molecular formula is C40H44Br8O6. The Kier molecular flexibility index (Phi) is 18.9. The minimum atomic E-state index is -0.478. The molecule has 0 aromatic heterocycles. The van der Waals surface area contributed by atoms with Gasteiger partial charge < -0.3 is 29.2 Å². The van der Waals surface area contributed by atoms with Gasteiger partial charge in [-0.15, -0.1) is 0 Å². The van der Waals surface area contributed by atoms with Crippen molar-refractivity contribution < 1.29 is 29.2 Å². The van der Waals surface area contributed by atoms with Crippen LogP contribution in [0.3, 0.4) is 0 Å². The van der Waals surface area contributed by atoms with Gasteiger partial charge >= 0.3 is 0 Å². The van der Waals surface area contributed by atoms with Crippen molar-refractivity contribution in [2.45, 2.75) is 77.4 Å². The molecule has 6 nitrogen and oxygen atoms in total. The molecule has 0 heterocycles. The van der Waals surface area contributed by atoms with Crippen LogP contribution in [0, 0.1) is 0 Å². The van der Waals surface area contributed by atoms with E-state index in [4.69, 9.17) is 18.9 Å². The first-order chi connectivity index (χ1) is 25.2. The third-order valence-corrected chi connectivity index (χ3v) is 13.8. The van der Waals surface area contributed by atoms with Gasteiger partial charge in [0.05, 0.1) is 62.2 Å². The number of rotatable bonds is 14. The van der Waals surface area contributed by atoms with Crippen LogP contribution < -0.4 is 18.9 Å². The van der Waals surface area contributed by atoms with Gasteiger partial charge in [-0.2, -0.15) is 0 Å². The van der Waals surface area contributed by atoms with E-state index in [-0.39, 0.29) is 24.0 Å². The van der Waals surface area contributed by atoms with Crippen LogP contribution in [0.25, 0.3) is 0 Å². The molecule has 0 aliphatic heterocycles. The average molecular weight is 1260 g/mol. The van der Waals surface area contributed by atoms with Crippen molar-refractivity contribution in [2.24, 2.45) is 0 Å². The maximum absolute atomic E-state index is 9.75. The standard InChI is InChI=1S/2C20H22Br4O3/c2*1-5-13(25)10-27-19-16(23)8-12(9-17(19)24)20(2,3)11-6-14(21)18(26-4)15(22)7-11/h2*6-9,13,25H,5,10H2,1-4H3. The van der Waals surface area contributed by atoms with Gasteiger partial charge in [-0.1, -0.05) is 41.5 Å². The van der Waals surface area contributed by atoms with Crippen LogP contribution in [0.15, 0.2) is 84.3 Å². The Hall–Kier alpha value is -0.160. The molecule has 4 aromatic carbocycles. The Balaban J connectivity index is 0.000000290. The van der Waals surface area contributed by atoms with Crippen molar-refractivity contribution in [2.75, 3.05) is 27.4 Å². The zero-order valence-electron chi connectivity index (χ0n) is 31.2. The van der Waals surface area contributed by atoms with E-state index in [0.717, 1.165) is 69.5 Å². The van der Waals surface area contributed by atoms with Crippen molar-refractivity contribution in [1.82, 2.24) is 0 Å². The first-order valence-electron chi connectivity index (χ1n) is 16.9. The molecular weight excluding hydrogens is 1220 g/mol. The van der Waals surface area contributed by atoms with Gasteiger partial charge in [-0.25, -0.2) is 0 Å². The quantitative estimate of drug-likeness (QED) is 0.131. The maximum atomic E-state index is 9.75. The molecule has 0 saturated heterocycles. The Labute approximate surface area is 386 Å². The van der Waals surface area contributed by atoms with Crippen molar-refractivity contribution in [3.05, 3.63) is 107 Å². The molecule has 0 saturated carbocycles. The molecule has 0 amide bonds. The monoisotopic (exact) mass is 1250 g/mol. The molecule has 0 aliphatic carbocycles. The lowest BCUT2D eigenvalue weighted by Crippen LogP contribution is -2.20. The number of aliphatic hydroxyl groups excluding tert-OH is 2. The lowest BCUT2D eigenvalue weighted by atomic mass is 9.78. The minimum absolute atomic E-state index is 0.259. The minimum Gasteiger partial charge on any atom is -0.494 e. The first-order valence-corrected chi connectivity index (χ1v) is 23.2. The second kappa shape index (κ2) is 21.2. The summed E-state index contributed by atoms with van der Waals surface area (Å²) in [5, 5.41) is 19.5. The molecule has 14 heteroatoms. The van der Waals surface area contributed by atoms with Crippen LogP contribution in [0.4, 0.5) is 0 Å². The van der Waals surface area contributed by atoms with Crippen molar-refractivity contribution in [3.63, 3.8) is 0 Å². The first kappa shape index (κ1) is 48.2. The van der Waals surface area contributed by atoms with Gasteiger partial charge in [0.1, 0.15) is 36.2 Å². The lowest BCUT2D eigenvalue weighted by molar-refractivity contribution is 0.103. The second-order valence-corrected chi connectivity index (χ2v) is 20.3. The maximum Gasteiger partial charge on any atom is 0.147 e. The number of ether oxygens (including phenoxy) is 4. The topological polar surface area (TPSA) is 77.4 Å². The summed E-state index contributed by atoms with van der Waals surface area (Å²) in [4.78, 5) is 0. The molecule has 54 heavy (non-hydrogen) atoms. The number of methoxy groups -OCH3 is 2. The van der Waals surface area contributed by atoms with Gasteiger partial charge in [0, 0.05) is 10.8 Å². The van der Waals surface area contributed by atoms with Crippen molar-refractivity contribution in [1.29, 1.82) is 0 Å². The number of halogens is 8. The van der Waals surface area contributed by atoms with Gasteiger partial charge in [-0.3, -0.25) is 0 Å². The fourth-order valence-corrected chi connectivity index (χ4v) is 11.1. The van der Waals surface area contributed by atoms with E-state index in [0.29, 0.717) is 24.3 Å². The number of benzene rings is 4. The van der Waals surface area contributed by atoms with E-state index in [1.165, 1.54) is 0 Å². The smallest absolute Gasteiger partial charge is 0.147 e. The summed E-state index contributed by atoms with van der Waals surface area (Å²) < 4.78 is 29.4. The Morgan fingerprint density at radius 3 is 0.833 bits per heavy atom. The Bertz CT molecular complexity index is 1690. The third-order valence-electron chi connectivity index (χ3n) is 9.07. The van der Waals surface area contributed by atoms with Crippen LogP contribution in [0.2, 0.25) is 0 Å². The fourth-order valence-electron chi connectivity index (χ4n) is 5.28. The molecule has 296 valence electrons. The highest BCUT2D eigenvalue weighted by atomic mass is 79.9. The molecule has 0 bridgehead atoms. The summed E-state index contributed by atoms with van der Waals surface area (Å²) in [7, 11) is 3.30. The van der Waals surface area contributed by atoms with E-state index < -0.39 is 12.2 Å². The van der Waals surface area contributed by atoms with Crippen LogP contribution in [-0.4, -0.2) is 49.9 Å². The molecule has 0 spiro atoms. The number of hydrogen-bond acceptors (Lipinski definition) is 6. The lowest BCUT2D eigenvalue weighted by Gasteiger charge is -2.28. The zero-order valence-corrected chi connectivity index (χ0v) is 43.8. The number of hydrogen-bond donors (Lipinski definition) is 2. The summed E-state index contributed by atoms with van der Waals surface area (Å²) in [6, 6.07) is 16.5. The van der Waals surface area contributed by atoms with Crippen LogP contribution in [0.5, 0.6) is 23.0 Å². The van der Waals surface area contributed by atoms with E-state index in [1.54, 1.807) is 14.2 Å².